The van der Waals surface area contributed by atoms with Crippen LogP contribution in [0.25, 0.3) is 11.1 Å². The highest BCUT2D eigenvalue weighted by atomic mass is 16.5. The summed E-state index contributed by atoms with van der Waals surface area (Å²) in [4.78, 5) is 12.2. The van der Waals surface area contributed by atoms with Gasteiger partial charge in [-0.15, -0.1) is 0 Å². The van der Waals surface area contributed by atoms with Gasteiger partial charge in [0, 0.05) is 12.2 Å². The fourth-order valence-corrected chi connectivity index (χ4v) is 4.02. The molecule has 0 bridgehead atoms. The summed E-state index contributed by atoms with van der Waals surface area (Å²) < 4.78 is 5.85. The van der Waals surface area contributed by atoms with E-state index in [1.807, 2.05) is 50.5 Å². The van der Waals surface area contributed by atoms with Crippen molar-refractivity contribution in [3.63, 3.8) is 0 Å². The number of carboxylic acid groups (broad SMARTS) is 1. The standard InChI is InChI=1S/C26H29NO2.C7H7NO2/c1-4-25(20-8-6-5-7-9-20)26(21-10-14-23(28)15-11-21)22-12-16-24(17-13-22)29-19-18-27(2)3;9-7(10)8-6-4-2-1-3-5-6/h5-17,28H,4,18-19H2,1-3H3;1-5,8H,(H,9,10). The Kier molecular flexibility index (Phi) is 11.2. The van der Waals surface area contributed by atoms with Crippen molar-refractivity contribution < 1.29 is 19.7 Å². The molecule has 202 valence electrons. The number of rotatable bonds is 9. The van der Waals surface area contributed by atoms with Crippen molar-refractivity contribution in [3.05, 3.63) is 126 Å². The van der Waals surface area contributed by atoms with Gasteiger partial charge in [0.25, 0.3) is 0 Å². The lowest BCUT2D eigenvalue weighted by molar-refractivity contribution is 0.209. The monoisotopic (exact) mass is 524 g/mol. The number of aromatic hydroxyl groups is 1. The molecule has 0 aromatic heterocycles. The van der Waals surface area contributed by atoms with Crippen LogP contribution >= 0.6 is 0 Å². The maximum absolute atomic E-state index is 10.1. The molecule has 0 spiro atoms. The average Bonchev–Trinajstić information content (AvgIpc) is 2.94. The Morgan fingerprint density at radius 3 is 1.82 bits per heavy atom. The first-order valence-electron chi connectivity index (χ1n) is 12.9. The van der Waals surface area contributed by atoms with Gasteiger partial charge in [-0.05, 0) is 84.8 Å². The van der Waals surface area contributed by atoms with E-state index in [0.717, 1.165) is 29.8 Å². The molecule has 6 heteroatoms. The van der Waals surface area contributed by atoms with Crippen LogP contribution in [-0.2, 0) is 0 Å². The molecule has 0 unspecified atom stereocenters. The normalized spacial score (nSPS) is 11.2. The number of nitrogens with zero attached hydrogens (tertiary/aromatic N) is 1. The first-order valence-corrected chi connectivity index (χ1v) is 12.9. The van der Waals surface area contributed by atoms with Gasteiger partial charge < -0.3 is 19.8 Å². The van der Waals surface area contributed by atoms with E-state index in [1.165, 1.54) is 16.7 Å². The molecule has 0 saturated carbocycles. The van der Waals surface area contributed by atoms with Crippen molar-refractivity contribution in [2.75, 3.05) is 32.6 Å². The molecule has 6 nitrogen and oxygen atoms in total. The number of phenolic OH excluding ortho intramolecular Hbond substituents is 1. The topological polar surface area (TPSA) is 82.0 Å². The fourth-order valence-electron chi connectivity index (χ4n) is 4.02. The summed E-state index contributed by atoms with van der Waals surface area (Å²) in [5.74, 6) is 1.15. The summed E-state index contributed by atoms with van der Waals surface area (Å²) in [6.07, 6.45) is -0.132. The number of hydrogen-bond donors (Lipinski definition) is 3. The lowest BCUT2D eigenvalue weighted by Gasteiger charge is -2.17. The Morgan fingerprint density at radius 1 is 0.769 bits per heavy atom. The minimum atomic E-state index is -1.04. The second-order valence-corrected chi connectivity index (χ2v) is 9.09. The number of allylic oxidation sites excluding steroid dienone is 1. The molecule has 4 rings (SSSR count). The number of nitrogens with one attached hydrogen (secondary N) is 1. The Morgan fingerprint density at radius 2 is 1.31 bits per heavy atom. The van der Waals surface area contributed by atoms with Crippen molar-refractivity contribution in [1.82, 2.24) is 4.90 Å². The zero-order valence-electron chi connectivity index (χ0n) is 22.7. The maximum Gasteiger partial charge on any atom is 0.409 e. The second-order valence-electron chi connectivity index (χ2n) is 9.09. The lowest BCUT2D eigenvalue weighted by atomic mass is 9.88. The molecule has 0 aliphatic rings. The van der Waals surface area contributed by atoms with Crippen LogP contribution in [0.1, 0.15) is 30.0 Å². The summed E-state index contributed by atoms with van der Waals surface area (Å²) in [5.41, 5.74) is 6.48. The molecule has 0 saturated heterocycles. The minimum absolute atomic E-state index is 0.274. The van der Waals surface area contributed by atoms with E-state index in [-0.39, 0.29) is 5.75 Å². The summed E-state index contributed by atoms with van der Waals surface area (Å²) in [6.45, 7) is 3.73. The van der Waals surface area contributed by atoms with Crippen molar-refractivity contribution in [3.8, 4) is 11.5 Å². The van der Waals surface area contributed by atoms with Gasteiger partial charge in [0.15, 0.2) is 0 Å². The van der Waals surface area contributed by atoms with Gasteiger partial charge >= 0.3 is 6.09 Å². The van der Waals surface area contributed by atoms with Gasteiger partial charge in [0.1, 0.15) is 18.1 Å². The Bertz CT molecular complexity index is 1320. The van der Waals surface area contributed by atoms with E-state index in [4.69, 9.17) is 9.84 Å². The molecule has 3 N–H and O–H groups in total. The van der Waals surface area contributed by atoms with Crippen LogP contribution in [0.4, 0.5) is 10.5 Å². The van der Waals surface area contributed by atoms with Crippen LogP contribution in [0, 0.1) is 0 Å². The van der Waals surface area contributed by atoms with Gasteiger partial charge in [-0.1, -0.05) is 79.7 Å². The quantitative estimate of drug-likeness (QED) is 0.198. The number of ether oxygens (including phenoxy) is 1. The predicted molar refractivity (Wildman–Crippen MR) is 159 cm³/mol. The van der Waals surface area contributed by atoms with E-state index < -0.39 is 6.09 Å². The van der Waals surface area contributed by atoms with Crippen molar-refractivity contribution in [2.45, 2.75) is 13.3 Å². The van der Waals surface area contributed by atoms with E-state index in [9.17, 15) is 9.90 Å². The third kappa shape index (κ3) is 9.36. The number of hydrogen-bond acceptors (Lipinski definition) is 4. The zero-order valence-corrected chi connectivity index (χ0v) is 22.7. The predicted octanol–water partition coefficient (Wildman–Crippen LogP) is 7.48. The zero-order chi connectivity index (χ0) is 28.0. The van der Waals surface area contributed by atoms with Crippen LogP contribution in [0.15, 0.2) is 109 Å². The molecule has 39 heavy (non-hydrogen) atoms. The van der Waals surface area contributed by atoms with Crippen LogP contribution in [0.2, 0.25) is 0 Å². The van der Waals surface area contributed by atoms with Crippen LogP contribution in [0.5, 0.6) is 11.5 Å². The van der Waals surface area contributed by atoms with Gasteiger partial charge in [0.2, 0.25) is 0 Å². The smallest absolute Gasteiger partial charge is 0.409 e. The van der Waals surface area contributed by atoms with Crippen LogP contribution < -0.4 is 10.1 Å². The van der Waals surface area contributed by atoms with Gasteiger partial charge in [-0.3, -0.25) is 5.32 Å². The number of phenols is 1. The molecule has 0 radical (unpaired) electrons. The van der Waals surface area contributed by atoms with Crippen molar-refractivity contribution in [2.24, 2.45) is 0 Å². The van der Waals surface area contributed by atoms with E-state index in [1.54, 1.807) is 36.4 Å². The summed E-state index contributed by atoms with van der Waals surface area (Å²) in [5, 5.41) is 20.2. The van der Waals surface area contributed by atoms with E-state index in [0.29, 0.717) is 12.3 Å². The molecule has 0 heterocycles. The summed E-state index contributed by atoms with van der Waals surface area (Å²) in [7, 11) is 4.08. The molecular weight excluding hydrogens is 488 g/mol. The molecule has 0 atom stereocenters. The number of likely N-dealkylation sites (N-methyl/N-ethyl adjacent to an activating group) is 1. The number of benzene rings is 4. The van der Waals surface area contributed by atoms with Crippen molar-refractivity contribution in [1.29, 1.82) is 0 Å². The number of carbonyl (C=O) groups is 1. The van der Waals surface area contributed by atoms with Gasteiger partial charge in [-0.2, -0.15) is 0 Å². The summed E-state index contributed by atoms with van der Waals surface area (Å²) >= 11 is 0. The molecule has 4 aromatic rings. The van der Waals surface area contributed by atoms with Crippen LogP contribution in [-0.4, -0.2) is 48.5 Å². The molecule has 4 aromatic carbocycles. The number of amides is 1. The molecule has 0 aliphatic carbocycles. The van der Waals surface area contributed by atoms with Gasteiger partial charge in [0.05, 0.1) is 0 Å². The fraction of sp³-hybridized carbons (Fsp3) is 0.182. The Labute approximate surface area is 230 Å². The molecule has 0 fully saturated rings. The molecular formula is C33H36N2O4. The van der Waals surface area contributed by atoms with E-state index >= 15 is 0 Å². The Balaban J connectivity index is 0.000000353. The van der Waals surface area contributed by atoms with E-state index in [2.05, 4.69) is 53.5 Å². The third-order valence-corrected chi connectivity index (χ3v) is 5.91. The SMILES string of the molecule is CCC(=C(c1ccc(O)cc1)c1ccc(OCCN(C)C)cc1)c1ccccc1.O=C(O)Nc1ccccc1. The van der Waals surface area contributed by atoms with Gasteiger partial charge in [-0.25, -0.2) is 4.79 Å². The molecule has 1 amide bonds. The largest absolute Gasteiger partial charge is 0.508 e. The highest BCUT2D eigenvalue weighted by Gasteiger charge is 2.13. The molecule has 0 aliphatic heterocycles. The first-order chi connectivity index (χ1) is 18.9. The minimum Gasteiger partial charge on any atom is -0.508 e. The first kappa shape index (κ1) is 29.0. The Hall–Kier alpha value is -4.55. The maximum atomic E-state index is 10.1. The highest BCUT2D eigenvalue weighted by Crippen LogP contribution is 2.35. The van der Waals surface area contributed by atoms with Crippen LogP contribution in [0.3, 0.4) is 0 Å². The lowest BCUT2D eigenvalue weighted by Crippen LogP contribution is -2.19. The number of anilines is 1. The average molecular weight is 525 g/mol. The third-order valence-electron chi connectivity index (χ3n) is 5.91. The number of para-hydroxylation sites is 1. The highest BCUT2D eigenvalue weighted by molar-refractivity contribution is 5.98. The second kappa shape index (κ2) is 15.0. The summed E-state index contributed by atoms with van der Waals surface area (Å²) in [6, 6.07) is 35.0. The van der Waals surface area contributed by atoms with Crippen molar-refractivity contribution >= 4 is 22.9 Å².